The Hall–Kier alpha value is -2.17. The van der Waals surface area contributed by atoms with Gasteiger partial charge in [-0.3, -0.25) is 4.79 Å². The molecule has 0 heterocycles. The minimum absolute atomic E-state index is 0.0133. The number of hydrogen-bond acceptors (Lipinski definition) is 4. The van der Waals surface area contributed by atoms with Gasteiger partial charge < -0.3 is 19.1 Å². The number of amides is 1. The van der Waals surface area contributed by atoms with E-state index in [1.807, 2.05) is 24.1 Å². The van der Waals surface area contributed by atoms with Crippen molar-refractivity contribution in [2.45, 2.75) is 32.1 Å². The Kier molecular flexibility index (Phi) is 7.16. The number of rotatable bonds is 7. The highest BCUT2D eigenvalue weighted by Gasteiger charge is 2.17. The third kappa shape index (κ3) is 5.15. The summed E-state index contributed by atoms with van der Waals surface area (Å²) >= 11 is 0. The minimum Gasteiger partial charge on any atom is -0.493 e. The first-order chi connectivity index (χ1) is 12.1. The van der Waals surface area contributed by atoms with Gasteiger partial charge in [0.25, 0.3) is 0 Å². The number of benzene rings is 1. The largest absolute Gasteiger partial charge is 0.493 e. The third-order valence-electron chi connectivity index (χ3n) is 4.74. The molecule has 1 aliphatic carbocycles. The normalized spacial score (nSPS) is 15.2. The van der Waals surface area contributed by atoms with Crippen molar-refractivity contribution in [1.29, 1.82) is 0 Å². The van der Waals surface area contributed by atoms with Crippen LogP contribution in [-0.2, 0) is 4.79 Å². The van der Waals surface area contributed by atoms with Crippen molar-refractivity contribution in [3.8, 4) is 17.2 Å². The Morgan fingerprint density at radius 1 is 1.08 bits per heavy atom. The van der Waals surface area contributed by atoms with Crippen molar-refractivity contribution in [3.63, 3.8) is 0 Å². The summed E-state index contributed by atoms with van der Waals surface area (Å²) < 4.78 is 16.0. The van der Waals surface area contributed by atoms with Crippen LogP contribution in [0.25, 0.3) is 6.08 Å². The van der Waals surface area contributed by atoms with E-state index in [0.29, 0.717) is 23.2 Å². The first-order valence-corrected chi connectivity index (χ1v) is 8.82. The number of ether oxygens (including phenoxy) is 3. The van der Waals surface area contributed by atoms with E-state index in [0.717, 1.165) is 12.1 Å². The summed E-state index contributed by atoms with van der Waals surface area (Å²) in [5, 5.41) is 0. The Morgan fingerprint density at radius 3 is 2.20 bits per heavy atom. The van der Waals surface area contributed by atoms with Crippen molar-refractivity contribution in [2.75, 3.05) is 34.9 Å². The van der Waals surface area contributed by atoms with Crippen LogP contribution in [0.4, 0.5) is 0 Å². The monoisotopic (exact) mass is 347 g/mol. The van der Waals surface area contributed by atoms with Crippen LogP contribution < -0.4 is 14.2 Å². The maximum Gasteiger partial charge on any atom is 0.246 e. The predicted octanol–water partition coefficient (Wildman–Crippen LogP) is 3.76. The molecular formula is C20H29NO4. The van der Waals surface area contributed by atoms with Gasteiger partial charge in [0, 0.05) is 19.7 Å². The summed E-state index contributed by atoms with van der Waals surface area (Å²) in [6.45, 7) is 0.832. The molecule has 0 unspecified atom stereocenters. The molecule has 0 N–H and O–H groups in total. The average molecular weight is 347 g/mol. The molecule has 0 bridgehead atoms. The second-order valence-corrected chi connectivity index (χ2v) is 6.51. The zero-order chi connectivity index (χ0) is 18.2. The molecule has 2 rings (SSSR count). The predicted molar refractivity (Wildman–Crippen MR) is 99.3 cm³/mol. The molecule has 0 radical (unpaired) electrons. The third-order valence-corrected chi connectivity index (χ3v) is 4.74. The first-order valence-electron chi connectivity index (χ1n) is 8.82. The van der Waals surface area contributed by atoms with Crippen LogP contribution in [-0.4, -0.2) is 45.7 Å². The van der Waals surface area contributed by atoms with Gasteiger partial charge >= 0.3 is 0 Å². The topological polar surface area (TPSA) is 48.0 Å². The maximum absolute atomic E-state index is 12.4. The molecule has 1 saturated carbocycles. The summed E-state index contributed by atoms with van der Waals surface area (Å²) in [6.07, 6.45) is 9.74. The van der Waals surface area contributed by atoms with Gasteiger partial charge in [-0.05, 0) is 42.5 Å². The minimum atomic E-state index is 0.0133. The van der Waals surface area contributed by atoms with Crippen LogP contribution in [0, 0.1) is 5.92 Å². The lowest BCUT2D eigenvalue weighted by atomic mass is 9.89. The lowest BCUT2D eigenvalue weighted by molar-refractivity contribution is -0.125. The van der Waals surface area contributed by atoms with Gasteiger partial charge in [0.05, 0.1) is 21.3 Å². The fourth-order valence-corrected chi connectivity index (χ4v) is 3.34. The molecule has 0 aliphatic heterocycles. The lowest BCUT2D eigenvalue weighted by Gasteiger charge is -2.26. The second kappa shape index (κ2) is 9.35. The van der Waals surface area contributed by atoms with E-state index in [9.17, 15) is 4.79 Å². The number of hydrogen-bond donors (Lipinski definition) is 0. The van der Waals surface area contributed by atoms with Crippen LogP contribution in [0.3, 0.4) is 0 Å². The van der Waals surface area contributed by atoms with E-state index in [-0.39, 0.29) is 5.91 Å². The molecule has 1 amide bonds. The summed E-state index contributed by atoms with van der Waals surface area (Å²) in [5.74, 6) is 2.34. The summed E-state index contributed by atoms with van der Waals surface area (Å²) in [7, 11) is 6.60. The van der Waals surface area contributed by atoms with Gasteiger partial charge in [-0.15, -0.1) is 0 Å². The van der Waals surface area contributed by atoms with Gasteiger partial charge in [0.2, 0.25) is 11.7 Å². The standard InChI is InChI=1S/C20H29NO4/c1-21(14-15-8-6-5-7-9-15)19(22)11-10-16-12-17(23-2)20(25-4)18(13-16)24-3/h10-13,15H,5-9,14H2,1-4H3/b11-10+. The molecule has 0 atom stereocenters. The van der Waals surface area contributed by atoms with E-state index in [1.54, 1.807) is 33.5 Å². The zero-order valence-corrected chi connectivity index (χ0v) is 15.7. The maximum atomic E-state index is 12.4. The van der Waals surface area contributed by atoms with Gasteiger partial charge in [-0.1, -0.05) is 19.3 Å². The molecule has 0 saturated heterocycles. The van der Waals surface area contributed by atoms with E-state index < -0.39 is 0 Å². The van der Waals surface area contributed by atoms with E-state index in [2.05, 4.69) is 0 Å². The quantitative estimate of drug-likeness (QED) is 0.705. The van der Waals surface area contributed by atoms with Gasteiger partial charge in [0.15, 0.2) is 11.5 Å². The number of carbonyl (C=O) groups is 1. The highest BCUT2D eigenvalue weighted by Crippen LogP contribution is 2.38. The lowest BCUT2D eigenvalue weighted by Crippen LogP contribution is -2.31. The molecule has 0 aromatic heterocycles. The van der Waals surface area contributed by atoms with Crippen LogP contribution in [0.5, 0.6) is 17.2 Å². The Balaban J connectivity index is 2.05. The molecular weight excluding hydrogens is 318 g/mol. The SMILES string of the molecule is COc1cc(/C=C/C(=O)N(C)CC2CCCCC2)cc(OC)c1OC. The van der Waals surface area contributed by atoms with Crippen molar-refractivity contribution in [3.05, 3.63) is 23.8 Å². The molecule has 1 aromatic carbocycles. The number of methoxy groups -OCH3 is 3. The van der Waals surface area contributed by atoms with Gasteiger partial charge in [0.1, 0.15) is 0 Å². The highest BCUT2D eigenvalue weighted by atomic mass is 16.5. The number of likely N-dealkylation sites (N-methyl/N-ethyl adjacent to an activating group) is 1. The molecule has 0 spiro atoms. The number of nitrogens with zero attached hydrogens (tertiary/aromatic N) is 1. The second-order valence-electron chi connectivity index (χ2n) is 6.51. The summed E-state index contributed by atoms with van der Waals surface area (Å²) in [6, 6.07) is 3.65. The van der Waals surface area contributed by atoms with Crippen LogP contribution >= 0.6 is 0 Å². The Morgan fingerprint density at radius 2 is 1.68 bits per heavy atom. The van der Waals surface area contributed by atoms with Crippen molar-refractivity contribution < 1.29 is 19.0 Å². The van der Waals surface area contributed by atoms with Crippen LogP contribution in [0.2, 0.25) is 0 Å². The van der Waals surface area contributed by atoms with Crippen molar-refractivity contribution in [2.24, 2.45) is 5.92 Å². The summed E-state index contributed by atoms with van der Waals surface area (Å²) in [5.41, 5.74) is 0.828. The van der Waals surface area contributed by atoms with Gasteiger partial charge in [-0.2, -0.15) is 0 Å². The molecule has 1 aromatic rings. The first kappa shape index (κ1) is 19.2. The molecule has 5 heteroatoms. The molecule has 25 heavy (non-hydrogen) atoms. The zero-order valence-electron chi connectivity index (χ0n) is 15.7. The average Bonchev–Trinajstić information content (AvgIpc) is 2.65. The van der Waals surface area contributed by atoms with Crippen LogP contribution in [0.1, 0.15) is 37.7 Å². The molecule has 138 valence electrons. The molecule has 5 nitrogen and oxygen atoms in total. The van der Waals surface area contributed by atoms with Crippen LogP contribution in [0.15, 0.2) is 18.2 Å². The van der Waals surface area contributed by atoms with E-state index in [4.69, 9.17) is 14.2 Å². The fourth-order valence-electron chi connectivity index (χ4n) is 3.34. The highest BCUT2D eigenvalue weighted by molar-refractivity contribution is 5.91. The molecule has 1 fully saturated rings. The number of carbonyl (C=O) groups excluding carboxylic acids is 1. The van der Waals surface area contributed by atoms with E-state index >= 15 is 0 Å². The van der Waals surface area contributed by atoms with Gasteiger partial charge in [-0.25, -0.2) is 0 Å². The summed E-state index contributed by atoms with van der Waals surface area (Å²) in [4.78, 5) is 14.2. The van der Waals surface area contributed by atoms with E-state index in [1.165, 1.54) is 32.1 Å². The smallest absolute Gasteiger partial charge is 0.246 e. The Labute approximate surface area is 150 Å². The Bertz CT molecular complexity index is 581. The van der Waals surface area contributed by atoms with Crippen molar-refractivity contribution >= 4 is 12.0 Å². The fraction of sp³-hybridized carbons (Fsp3) is 0.550. The molecule has 1 aliphatic rings. The van der Waals surface area contributed by atoms with Crippen molar-refractivity contribution in [1.82, 2.24) is 4.90 Å².